The minimum absolute atomic E-state index is 0.0927. The van der Waals surface area contributed by atoms with Gasteiger partial charge in [0.25, 0.3) is 0 Å². The van der Waals surface area contributed by atoms with E-state index in [4.69, 9.17) is 5.11 Å². The number of amides is 1. The van der Waals surface area contributed by atoms with Crippen molar-refractivity contribution in [1.29, 1.82) is 0 Å². The molecule has 1 aromatic heterocycles. The van der Waals surface area contributed by atoms with E-state index in [1.54, 1.807) is 6.92 Å². The van der Waals surface area contributed by atoms with E-state index in [1.807, 2.05) is 0 Å². The van der Waals surface area contributed by atoms with Gasteiger partial charge in [-0.1, -0.05) is 0 Å². The number of hydrogen-bond acceptors (Lipinski definition) is 5. The summed E-state index contributed by atoms with van der Waals surface area (Å²) in [7, 11) is 0. The van der Waals surface area contributed by atoms with Crippen LogP contribution in [0.2, 0.25) is 0 Å². The van der Waals surface area contributed by atoms with E-state index in [0.29, 0.717) is 23.0 Å². The summed E-state index contributed by atoms with van der Waals surface area (Å²) >= 11 is 1.01. The first-order valence-electron chi connectivity index (χ1n) is 5.28. The molecule has 2 rings (SSSR count). The topological polar surface area (TPSA) is 91.3 Å². The van der Waals surface area contributed by atoms with E-state index in [0.717, 1.165) is 24.6 Å². The van der Waals surface area contributed by atoms with Crippen LogP contribution in [-0.4, -0.2) is 34.4 Å². The second kappa shape index (κ2) is 4.80. The van der Waals surface area contributed by atoms with E-state index >= 15 is 0 Å². The van der Waals surface area contributed by atoms with Gasteiger partial charge in [0.05, 0.1) is 5.69 Å². The number of rotatable bonds is 4. The molecule has 1 aromatic rings. The van der Waals surface area contributed by atoms with Crippen molar-refractivity contribution in [3.05, 3.63) is 11.3 Å². The fourth-order valence-corrected chi connectivity index (χ4v) is 2.44. The summed E-state index contributed by atoms with van der Waals surface area (Å²) in [5.74, 6) is -0.850. The molecule has 1 aliphatic rings. The number of aromatic nitrogens is 1. The highest BCUT2D eigenvalue weighted by molar-refractivity contribution is 7.11. The van der Waals surface area contributed by atoms with E-state index in [2.05, 4.69) is 15.0 Å². The van der Waals surface area contributed by atoms with Crippen molar-refractivity contribution in [1.82, 2.24) is 9.69 Å². The van der Waals surface area contributed by atoms with Gasteiger partial charge in [0.1, 0.15) is 10.6 Å². The maximum Gasteiger partial charge on any atom is 0.340 e. The third-order valence-electron chi connectivity index (χ3n) is 2.67. The van der Waals surface area contributed by atoms with Gasteiger partial charge in [-0.25, -0.2) is 4.79 Å². The number of aryl methyl sites for hydroxylation is 1. The van der Waals surface area contributed by atoms with Gasteiger partial charge in [0.2, 0.25) is 5.91 Å². The molecular formula is C10H13N3O3S. The maximum absolute atomic E-state index is 11.6. The van der Waals surface area contributed by atoms with Crippen LogP contribution in [0, 0.1) is 12.8 Å². The number of carbonyl (C=O) groups excluding carboxylic acids is 1. The van der Waals surface area contributed by atoms with Crippen LogP contribution in [0.5, 0.6) is 0 Å². The van der Waals surface area contributed by atoms with Crippen molar-refractivity contribution in [2.45, 2.75) is 13.3 Å². The van der Waals surface area contributed by atoms with Gasteiger partial charge in [-0.2, -0.15) is 4.37 Å². The first kappa shape index (κ1) is 12.0. The Morgan fingerprint density at radius 2 is 2.29 bits per heavy atom. The lowest BCUT2D eigenvalue weighted by Gasteiger charge is -2.26. The predicted molar refractivity (Wildman–Crippen MR) is 63.4 cm³/mol. The third kappa shape index (κ3) is 2.62. The Kier molecular flexibility index (Phi) is 3.39. The van der Waals surface area contributed by atoms with Crippen LogP contribution in [0.3, 0.4) is 0 Å². The number of carbonyl (C=O) groups is 2. The van der Waals surface area contributed by atoms with Crippen LogP contribution in [0.1, 0.15) is 22.5 Å². The SMILES string of the molecule is Cc1nsc(NC(=O)CC2CNC2)c1C(=O)O. The molecule has 0 atom stereocenters. The first-order chi connectivity index (χ1) is 8.08. The number of hydrogen-bond donors (Lipinski definition) is 3. The maximum atomic E-state index is 11.6. The molecule has 0 saturated carbocycles. The van der Waals surface area contributed by atoms with Crippen molar-refractivity contribution in [3.8, 4) is 0 Å². The summed E-state index contributed by atoms with van der Waals surface area (Å²) in [5.41, 5.74) is 0.526. The Balaban J connectivity index is 2.02. The number of carboxylic acids is 1. The Hall–Kier alpha value is -1.47. The van der Waals surface area contributed by atoms with Gasteiger partial charge < -0.3 is 15.7 Å². The lowest BCUT2D eigenvalue weighted by Crippen LogP contribution is -2.43. The average molecular weight is 255 g/mol. The quantitative estimate of drug-likeness (QED) is 0.736. The molecule has 1 saturated heterocycles. The molecule has 0 radical (unpaired) electrons. The third-order valence-corrected chi connectivity index (χ3v) is 3.52. The first-order valence-corrected chi connectivity index (χ1v) is 6.05. The minimum Gasteiger partial charge on any atom is -0.478 e. The molecule has 92 valence electrons. The van der Waals surface area contributed by atoms with Gasteiger partial charge >= 0.3 is 5.97 Å². The Morgan fingerprint density at radius 3 is 2.82 bits per heavy atom. The molecule has 0 spiro atoms. The minimum atomic E-state index is -1.06. The predicted octanol–water partition coefficient (Wildman–Crippen LogP) is 0.698. The average Bonchev–Trinajstić information content (AvgIpc) is 2.53. The zero-order valence-corrected chi connectivity index (χ0v) is 10.1. The smallest absolute Gasteiger partial charge is 0.340 e. The molecule has 2 heterocycles. The fourth-order valence-electron chi connectivity index (χ4n) is 1.64. The Bertz CT molecular complexity index is 454. The lowest BCUT2D eigenvalue weighted by molar-refractivity contribution is -0.117. The zero-order valence-electron chi connectivity index (χ0n) is 9.32. The molecule has 0 unspecified atom stereocenters. The second-order valence-corrected chi connectivity index (χ2v) is 4.83. The van der Waals surface area contributed by atoms with Crippen molar-refractivity contribution < 1.29 is 14.7 Å². The Morgan fingerprint density at radius 1 is 1.59 bits per heavy atom. The second-order valence-electron chi connectivity index (χ2n) is 4.05. The van der Waals surface area contributed by atoms with Crippen molar-refractivity contribution in [2.75, 3.05) is 18.4 Å². The van der Waals surface area contributed by atoms with Gasteiger partial charge in [0.15, 0.2) is 0 Å². The number of carboxylic acid groups (broad SMARTS) is 1. The van der Waals surface area contributed by atoms with Crippen LogP contribution in [-0.2, 0) is 4.79 Å². The van der Waals surface area contributed by atoms with Crippen molar-refractivity contribution in [2.24, 2.45) is 5.92 Å². The summed E-state index contributed by atoms with van der Waals surface area (Å²) in [6.07, 6.45) is 0.420. The summed E-state index contributed by atoms with van der Waals surface area (Å²) in [6, 6.07) is 0. The normalized spacial score (nSPS) is 15.4. The largest absolute Gasteiger partial charge is 0.478 e. The summed E-state index contributed by atoms with van der Waals surface area (Å²) < 4.78 is 3.94. The lowest BCUT2D eigenvalue weighted by atomic mass is 9.99. The molecule has 1 fully saturated rings. The molecule has 0 aliphatic carbocycles. The van der Waals surface area contributed by atoms with Crippen molar-refractivity contribution >= 4 is 28.4 Å². The summed E-state index contributed by atoms with van der Waals surface area (Å²) in [6.45, 7) is 3.31. The van der Waals surface area contributed by atoms with Gasteiger partial charge in [-0.15, -0.1) is 0 Å². The zero-order chi connectivity index (χ0) is 12.4. The summed E-state index contributed by atoms with van der Waals surface area (Å²) in [5, 5.41) is 15.0. The Labute approximate surface area is 102 Å². The monoisotopic (exact) mass is 255 g/mol. The molecule has 1 amide bonds. The van der Waals surface area contributed by atoms with E-state index in [1.165, 1.54) is 0 Å². The molecule has 3 N–H and O–H groups in total. The van der Waals surface area contributed by atoms with Crippen LogP contribution < -0.4 is 10.6 Å². The van der Waals surface area contributed by atoms with Gasteiger partial charge in [-0.05, 0) is 37.5 Å². The standard InChI is InChI=1S/C10H13N3O3S/c1-5-8(10(15)16)9(17-13-5)12-7(14)2-6-3-11-4-6/h6,11H,2-4H2,1H3,(H,12,14)(H,15,16). The van der Waals surface area contributed by atoms with Crippen LogP contribution in [0.15, 0.2) is 0 Å². The molecule has 6 nitrogen and oxygen atoms in total. The molecule has 0 aromatic carbocycles. The van der Waals surface area contributed by atoms with Crippen LogP contribution in [0.4, 0.5) is 5.00 Å². The molecule has 0 bridgehead atoms. The highest BCUT2D eigenvalue weighted by Crippen LogP contribution is 2.25. The van der Waals surface area contributed by atoms with E-state index in [-0.39, 0.29) is 11.5 Å². The number of nitrogens with zero attached hydrogens (tertiary/aromatic N) is 1. The number of aromatic carboxylic acids is 1. The van der Waals surface area contributed by atoms with E-state index in [9.17, 15) is 9.59 Å². The number of anilines is 1. The molecule has 1 aliphatic heterocycles. The summed E-state index contributed by atoms with van der Waals surface area (Å²) in [4.78, 5) is 22.6. The highest BCUT2D eigenvalue weighted by atomic mass is 32.1. The van der Waals surface area contributed by atoms with Crippen molar-refractivity contribution in [3.63, 3.8) is 0 Å². The van der Waals surface area contributed by atoms with Crippen LogP contribution >= 0.6 is 11.5 Å². The number of nitrogens with one attached hydrogen (secondary N) is 2. The van der Waals surface area contributed by atoms with Gasteiger partial charge in [0, 0.05) is 6.42 Å². The van der Waals surface area contributed by atoms with Crippen LogP contribution in [0.25, 0.3) is 0 Å². The van der Waals surface area contributed by atoms with Gasteiger partial charge in [-0.3, -0.25) is 4.79 Å². The molecule has 17 heavy (non-hydrogen) atoms. The molecular weight excluding hydrogens is 242 g/mol. The molecule has 7 heteroatoms. The van der Waals surface area contributed by atoms with E-state index < -0.39 is 5.97 Å². The fraction of sp³-hybridized carbons (Fsp3) is 0.500. The highest BCUT2D eigenvalue weighted by Gasteiger charge is 2.23.